The van der Waals surface area contributed by atoms with Crippen molar-refractivity contribution in [1.29, 1.82) is 0 Å². The summed E-state index contributed by atoms with van der Waals surface area (Å²) in [5.41, 5.74) is 5.93. The quantitative estimate of drug-likeness (QED) is 0.302. The predicted octanol–water partition coefficient (Wildman–Crippen LogP) is 1.83. The number of carbonyl (C=O) groups is 5. The lowest BCUT2D eigenvalue weighted by molar-refractivity contribution is -0.141. The van der Waals surface area contributed by atoms with Crippen LogP contribution in [0.5, 0.6) is 5.75 Å². The van der Waals surface area contributed by atoms with E-state index in [1.807, 2.05) is 0 Å². The number of nitrogens with zero attached hydrogens (tertiary/aromatic N) is 2. The number of hydrogen-bond acceptors (Lipinski definition) is 7. The van der Waals surface area contributed by atoms with Crippen LogP contribution >= 0.6 is 11.6 Å². The maximum Gasteiger partial charge on any atom is 0.302 e. The highest BCUT2D eigenvalue weighted by Crippen LogP contribution is 2.30. The van der Waals surface area contributed by atoms with Crippen LogP contribution in [0.25, 0.3) is 0 Å². The van der Waals surface area contributed by atoms with Crippen molar-refractivity contribution < 1.29 is 33.4 Å². The zero-order valence-electron chi connectivity index (χ0n) is 20.4. The van der Waals surface area contributed by atoms with Gasteiger partial charge in [-0.05, 0) is 29.8 Å². The van der Waals surface area contributed by atoms with E-state index < -0.39 is 23.7 Å². The summed E-state index contributed by atoms with van der Waals surface area (Å²) in [5.74, 6) is -1.70. The van der Waals surface area contributed by atoms with Crippen LogP contribution < -0.4 is 20.5 Å². The summed E-state index contributed by atoms with van der Waals surface area (Å²) < 4.78 is 10.3. The van der Waals surface area contributed by atoms with Gasteiger partial charge in [0.2, 0.25) is 17.7 Å². The molecular weight excluding hydrogens is 504 g/mol. The topological polar surface area (TPSA) is 134 Å². The molecule has 0 bridgehead atoms. The third kappa shape index (κ3) is 7.68. The Balaban J connectivity index is 1.74. The number of carbonyl (C=O) groups excluding carboxylic acids is 5. The second-order valence-electron chi connectivity index (χ2n) is 8.14. The van der Waals surface area contributed by atoms with Gasteiger partial charge in [-0.25, -0.2) is 0 Å². The highest BCUT2D eigenvalue weighted by atomic mass is 35.5. The van der Waals surface area contributed by atoms with Crippen molar-refractivity contribution in [2.45, 2.75) is 26.8 Å². The predicted molar refractivity (Wildman–Crippen MR) is 134 cm³/mol. The first-order chi connectivity index (χ1) is 17.7. The molecule has 1 aliphatic heterocycles. The number of fused-ring (bicyclic) bond motifs is 1. The van der Waals surface area contributed by atoms with Crippen molar-refractivity contribution in [3.05, 3.63) is 58.6 Å². The van der Waals surface area contributed by atoms with Crippen LogP contribution in [-0.2, 0) is 30.5 Å². The fourth-order valence-corrected chi connectivity index (χ4v) is 3.86. The van der Waals surface area contributed by atoms with E-state index in [1.54, 1.807) is 30.3 Å². The van der Waals surface area contributed by atoms with Crippen molar-refractivity contribution in [3.63, 3.8) is 0 Å². The summed E-state index contributed by atoms with van der Waals surface area (Å²) in [5, 5.41) is 0.135. The minimum atomic E-state index is -0.470. The van der Waals surface area contributed by atoms with E-state index in [2.05, 4.69) is 10.9 Å². The molecule has 0 radical (unpaired) electrons. The lowest BCUT2D eigenvalue weighted by Crippen LogP contribution is -2.43. The van der Waals surface area contributed by atoms with Crippen LogP contribution in [0.1, 0.15) is 36.2 Å². The molecule has 1 aliphatic rings. The molecule has 2 aromatic carbocycles. The summed E-state index contributed by atoms with van der Waals surface area (Å²) >= 11 is 6.39. The fraction of sp³-hybridized carbons (Fsp3) is 0.320. The molecule has 0 unspecified atom stereocenters. The van der Waals surface area contributed by atoms with E-state index in [0.29, 0.717) is 11.4 Å². The van der Waals surface area contributed by atoms with Gasteiger partial charge in [0, 0.05) is 39.0 Å². The minimum absolute atomic E-state index is 0.0348. The Kier molecular flexibility index (Phi) is 9.45. The van der Waals surface area contributed by atoms with Crippen molar-refractivity contribution in [1.82, 2.24) is 15.8 Å². The first-order valence-electron chi connectivity index (χ1n) is 11.4. The highest BCUT2D eigenvalue weighted by Gasteiger charge is 2.30. The van der Waals surface area contributed by atoms with Gasteiger partial charge in [-0.15, -0.1) is 0 Å². The molecule has 0 spiro atoms. The second kappa shape index (κ2) is 12.7. The maximum absolute atomic E-state index is 13.5. The van der Waals surface area contributed by atoms with Crippen LogP contribution in [0.3, 0.4) is 0 Å². The number of ether oxygens (including phenoxy) is 2. The van der Waals surface area contributed by atoms with Crippen LogP contribution in [0.2, 0.25) is 5.02 Å². The van der Waals surface area contributed by atoms with Crippen LogP contribution in [0.15, 0.2) is 42.5 Å². The van der Waals surface area contributed by atoms with E-state index >= 15 is 0 Å². The number of rotatable bonds is 8. The van der Waals surface area contributed by atoms with Gasteiger partial charge in [-0.1, -0.05) is 29.8 Å². The van der Waals surface area contributed by atoms with Gasteiger partial charge >= 0.3 is 5.97 Å². The number of para-hydroxylation sites is 1. The van der Waals surface area contributed by atoms with Crippen LogP contribution in [0.4, 0.5) is 5.69 Å². The van der Waals surface area contributed by atoms with Gasteiger partial charge in [-0.3, -0.25) is 39.7 Å². The molecule has 3 rings (SSSR count). The molecule has 1 heterocycles. The molecule has 11 nitrogen and oxygen atoms in total. The van der Waals surface area contributed by atoms with Crippen molar-refractivity contribution in [2.24, 2.45) is 0 Å². The second-order valence-corrected chi connectivity index (χ2v) is 8.55. The van der Waals surface area contributed by atoms with Gasteiger partial charge < -0.3 is 14.4 Å². The molecule has 196 valence electrons. The van der Waals surface area contributed by atoms with E-state index in [0.717, 1.165) is 5.56 Å². The molecule has 4 amide bonds. The Bertz CT molecular complexity index is 1200. The lowest BCUT2D eigenvalue weighted by atomic mass is 10.1. The van der Waals surface area contributed by atoms with Gasteiger partial charge in [0.1, 0.15) is 25.5 Å². The molecule has 0 atom stereocenters. The largest absolute Gasteiger partial charge is 0.490 e. The maximum atomic E-state index is 13.5. The number of halogens is 1. The molecule has 12 heteroatoms. The number of benzene rings is 2. The molecular formula is C25H27ClN4O7. The molecule has 0 fully saturated rings. The average molecular weight is 531 g/mol. The zero-order valence-corrected chi connectivity index (χ0v) is 21.2. The standard InChI is InChI=1S/C25H27ClN4O7/c1-16(31)27-28-23(33)9-10-29-14-18-5-3-4-6-22(18)30(15-24(29)34)25(35)20-8-7-19(13-21(20)26)37-12-11-36-17(2)32/h3-8,13H,9-12,14-15H2,1-2H3,(H,27,31)(H,28,33). The molecule has 0 aromatic heterocycles. The third-order valence-electron chi connectivity index (χ3n) is 5.35. The molecule has 0 aliphatic carbocycles. The van der Waals surface area contributed by atoms with E-state index in [9.17, 15) is 24.0 Å². The smallest absolute Gasteiger partial charge is 0.302 e. The van der Waals surface area contributed by atoms with Crippen LogP contribution in [-0.4, -0.2) is 60.8 Å². The van der Waals surface area contributed by atoms with E-state index in [-0.39, 0.29) is 55.8 Å². The monoisotopic (exact) mass is 530 g/mol. The van der Waals surface area contributed by atoms with Crippen molar-refractivity contribution >= 4 is 46.9 Å². The first kappa shape index (κ1) is 27.5. The Labute approximate surface area is 218 Å². The van der Waals surface area contributed by atoms with E-state index in [4.69, 9.17) is 21.1 Å². The Morgan fingerprint density at radius 2 is 1.76 bits per heavy atom. The van der Waals surface area contributed by atoms with Gasteiger partial charge in [0.25, 0.3) is 5.91 Å². The number of hydrazine groups is 1. The summed E-state index contributed by atoms with van der Waals surface area (Å²) in [6, 6.07) is 11.7. The average Bonchev–Trinajstić information content (AvgIpc) is 3.00. The number of hydrogen-bond donors (Lipinski definition) is 2. The van der Waals surface area contributed by atoms with Gasteiger partial charge in [0.15, 0.2) is 0 Å². The Hall–Kier alpha value is -4.12. The Morgan fingerprint density at radius 1 is 1.00 bits per heavy atom. The summed E-state index contributed by atoms with van der Waals surface area (Å²) in [4.78, 5) is 63.3. The van der Waals surface area contributed by atoms with Crippen molar-refractivity contribution in [2.75, 3.05) is 31.2 Å². The SMILES string of the molecule is CC(=O)NNC(=O)CCN1Cc2ccccc2N(C(=O)c2ccc(OCCOC(C)=O)cc2Cl)CC1=O. The summed E-state index contributed by atoms with van der Waals surface area (Å²) in [6.07, 6.45) is -0.0348. The van der Waals surface area contributed by atoms with E-state index in [1.165, 1.54) is 35.8 Å². The zero-order chi connectivity index (χ0) is 26.9. The fourth-order valence-electron chi connectivity index (χ4n) is 3.61. The number of nitrogens with one attached hydrogen (secondary N) is 2. The minimum Gasteiger partial charge on any atom is -0.490 e. The highest BCUT2D eigenvalue weighted by molar-refractivity contribution is 6.34. The molecule has 0 saturated heterocycles. The number of esters is 1. The molecule has 37 heavy (non-hydrogen) atoms. The number of anilines is 1. The first-order valence-corrected chi connectivity index (χ1v) is 11.8. The van der Waals surface area contributed by atoms with Crippen molar-refractivity contribution in [3.8, 4) is 5.75 Å². The number of amides is 4. The third-order valence-corrected chi connectivity index (χ3v) is 5.66. The lowest BCUT2D eigenvalue weighted by Gasteiger charge is -2.23. The Morgan fingerprint density at radius 3 is 2.46 bits per heavy atom. The van der Waals surface area contributed by atoms with Gasteiger partial charge in [0.05, 0.1) is 10.6 Å². The summed E-state index contributed by atoms with van der Waals surface area (Å²) in [7, 11) is 0. The molecule has 0 saturated carbocycles. The molecule has 2 N–H and O–H groups in total. The normalized spacial score (nSPS) is 12.8. The van der Waals surface area contributed by atoms with Gasteiger partial charge in [-0.2, -0.15) is 0 Å². The van der Waals surface area contributed by atoms with Crippen LogP contribution in [0, 0.1) is 0 Å². The summed E-state index contributed by atoms with van der Waals surface area (Å²) in [6.45, 7) is 2.81. The molecule has 2 aromatic rings.